The molecule has 1 atom stereocenters. The lowest BCUT2D eigenvalue weighted by Gasteiger charge is -2.33. The average Bonchev–Trinajstić information content (AvgIpc) is 3.68. The summed E-state index contributed by atoms with van der Waals surface area (Å²) in [5.74, 6) is 5.80. The molecule has 40 heavy (non-hydrogen) atoms. The van der Waals surface area contributed by atoms with Gasteiger partial charge in [-0.25, -0.2) is 13.8 Å². The molecule has 11 nitrogen and oxygen atoms in total. The fourth-order valence-corrected chi connectivity index (χ4v) is 4.83. The Bertz CT molecular complexity index is 1450. The highest BCUT2D eigenvalue weighted by molar-refractivity contribution is 8.14. The Labute approximate surface area is 232 Å². The lowest BCUT2D eigenvalue weighted by molar-refractivity contribution is -0.135. The monoisotopic (exact) mass is 569 g/mol. The standard InChI is InChI=1S/C26H25F2N7O4S/c1-14(36)34-7-8-35(23(37)13-34)21-10-16(17-9-19(24(27)28)29-12-20(17)39-2)18(11-30-21)25(38)31-26-33-32-22(40-26)6-5-15-3-4-15/h9-12,15,22,24,32H,3-4,7-8,13H2,1-2H3,(H,31,33,38). The molecule has 1 aliphatic carbocycles. The number of hydrogen-bond acceptors (Lipinski definition) is 9. The summed E-state index contributed by atoms with van der Waals surface area (Å²) < 4.78 is 32.6. The zero-order valence-corrected chi connectivity index (χ0v) is 22.4. The van der Waals surface area contributed by atoms with Crippen LogP contribution in [0, 0.1) is 17.8 Å². The van der Waals surface area contributed by atoms with Gasteiger partial charge in [0, 0.05) is 43.3 Å². The summed E-state index contributed by atoms with van der Waals surface area (Å²) in [4.78, 5) is 48.9. The Morgan fingerprint density at radius 3 is 2.65 bits per heavy atom. The van der Waals surface area contributed by atoms with Crippen LogP contribution in [0.2, 0.25) is 0 Å². The van der Waals surface area contributed by atoms with E-state index in [-0.39, 0.29) is 58.5 Å². The molecular formula is C26H25F2N7O4S. The van der Waals surface area contributed by atoms with Gasteiger partial charge in [-0.15, -0.1) is 0 Å². The van der Waals surface area contributed by atoms with Gasteiger partial charge < -0.3 is 9.64 Å². The molecule has 2 aromatic heterocycles. The minimum absolute atomic E-state index is 0.0408. The summed E-state index contributed by atoms with van der Waals surface area (Å²) in [7, 11) is 1.35. The van der Waals surface area contributed by atoms with Gasteiger partial charge in [0.15, 0.2) is 10.5 Å². The number of ether oxygens (including phenoxy) is 1. The average molecular weight is 570 g/mol. The number of carbonyl (C=O) groups is 3. The van der Waals surface area contributed by atoms with E-state index in [9.17, 15) is 23.2 Å². The van der Waals surface area contributed by atoms with Crippen molar-refractivity contribution in [2.45, 2.75) is 31.6 Å². The molecule has 3 aliphatic rings. The molecular weight excluding hydrogens is 544 g/mol. The third kappa shape index (κ3) is 5.99. The fourth-order valence-electron chi connectivity index (χ4n) is 4.12. The molecule has 0 radical (unpaired) electrons. The third-order valence-electron chi connectivity index (χ3n) is 6.43. The highest BCUT2D eigenvalue weighted by atomic mass is 32.2. The Balaban J connectivity index is 1.48. The van der Waals surface area contributed by atoms with E-state index in [2.05, 4.69) is 37.7 Å². The maximum atomic E-state index is 13.6. The first-order valence-corrected chi connectivity index (χ1v) is 13.3. The van der Waals surface area contributed by atoms with E-state index >= 15 is 0 Å². The van der Waals surface area contributed by atoms with E-state index < -0.39 is 18.0 Å². The highest BCUT2D eigenvalue weighted by Crippen LogP contribution is 2.36. The molecule has 0 bridgehead atoms. The van der Waals surface area contributed by atoms with Crippen molar-refractivity contribution in [3.8, 4) is 28.7 Å². The molecule has 0 spiro atoms. The molecule has 2 aliphatic heterocycles. The van der Waals surface area contributed by atoms with Crippen LogP contribution >= 0.6 is 11.8 Å². The zero-order valence-electron chi connectivity index (χ0n) is 21.6. The van der Waals surface area contributed by atoms with Gasteiger partial charge in [0.2, 0.25) is 11.8 Å². The van der Waals surface area contributed by atoms with E-state index in [4.69, 9.17) is 4.74 Å². The molecule has 1 saturated heterocycles. The van der Waals surface area contributed by atoms with E-state index in [0.717, 1.165) is 25.1 Å². The number of amidine groups is 1. The number of nitrogens with one attached hydrogen (secondary N) is 2. The van der Waals surface area contributed by atoms with Gasteiger partial charge in [0.25, 0.3) is 12.3 Å². The lowest BCUT2D eigenvalue weighted by atomic mass is 9.99. The fraction of sp³-hybridized carbons (Fsp3) is 0.385. The maximum Gasteiger partial charge on any atom is 0.280 e. The molecule has 208 valence electrons. The number of hydrogen-bond donors (Lipinski definition) is 2. The number of hydrazone groups is 1. The SMILES string of the molecule is COc1cnc(C(F)F)cc1-c1cc(N2CCN(C(C)=O)CC2=O)ncc1C(=O)NC1=NNC(C#CC2CC2)S1. The summed E-state index contributed by atoms with van der Waals surface area (Å²) in [5.41, 5.74) is 2.76. The van der Waals surface area contributed by atoms with Gasteiger partial charge in [0.1, 0.15) is 23.8 Å². The summed E-state index contributed by atoms with van der Waals surface area (Å²) in [6.07, 6.45) is 1.73. The van der Waals surface area contributed by atoms with Crippen LogP contribution in [0.15, 0.2) is 29.6 Å². The van der Waals surface area contributed by atoms with Gasteiger partial charge in [-0.3, -0.25) is 35.0 Å². The Morgan fingerprint density at radius 2 is 1.98 bits per heavy atom. The lowest BCUT2D eigenvalue weighted by Crippen LogP contribution is -2.52. The number of carbonyl (C=O) groups excluding carboxylic acids is 3. The topological polar surface area (TPSA) is 129 Å². The molecule has 0 aromatic carbocycles. The second kappa shape index (κ2) is 11.5. The van der Waals surface area contributed by atoms with Crippen molar-refractivity contribution in [2.24, 2.45) is 11.0 Å². The predicted octanol–water partition coefficient (Wildman–Crippen LogP) is 2.36. The number of rotatable bonds is 5. The van der Waals surface area contributed by atoms with Crippen molar-refractivity contribution in [3.63, 3.8) is 0 Å². The number of anilines is 1. The first kappa shape index (κ1) is 27.3. The van der Waals surface area contributed by atoms with Gasteiger partial charge >= 0.3 is 0 Å². The molecule has 14 heteroatoms. The number of amides is 3. The third-order valence-corrected chi connectivity index (χ3v) is 7.30. The van der Waals surface area contributed by atoms with Crippen LogP contribution in [0.4, 0.5) is 14.6 Å². The largest absolute Gasteiger partial charge is 0.494 e. The Hall–Kier alpha value is -4.25. The van der Waals surface area contributed by atoms with Crippen molar-refractivity contribution < 1.29 is 27.9 Å². The van der Waals surface area contributed by atoms with E-state index in [1.807, 2.05) is 0 Å². The van der Waals surface area contributed by atoms with Gasteiger partial charge in [-0.1, -0.05) is 11.8 Å². The summed E-state index contributed by atoms with van der Waals surface area (Å²) in [6, 6.07) is 2.61. The summed E-state index contributed by atoms with van der Waals surface area (Å²) >= 11 is 1.24. The number of nitrogens with zero attached hydrogens (tertiary/aromatic N) is 5. The van der Waals surface area contributed by atoms with Crippen molar-refractivity contribution in [1.29, 1.82) is 0 Å². The van der Waals surface area contributed by atoms with Crippen LogP contribution in [-0.4, -0.2) is 69.9 Å². The van der Waals surface area contributed by atoms with Crippen LogP contribution in [0.25, 0.3) is 11.1 Å². The molecule has 4 heterocycles. The number of pyridine rings is 2. The minimum Gasteiger partial charge on any atom is -0.494 e. The number of alkyl halides is 2. The number of piperazine rings is 1. The number of methoxy groups -OCH3 is 1. The molecule has 5 rings (SSSR count). The van der Waals surface area contributed by atoms with Crippen LogP contribution in [-0.2, 0) is 9.59 Å². The number of aromatic nitrogens is 2. The van der Waals surface area contributed by atoms with Crippen LogP contribution in [0.5, 0.6) is 5.75 Å². The molecule has 2 N–H and O–H groups in total. The first-order valence-electron chi connectivity index (χ1n) is 12.4. The molecule has 1 saturated carbocycles. The molecule has 2 fully saturated rings. The Morgan fingerprint density at radius 1 is 1.18 bits per heavy atom. The van der Waals surface area contributed by atoms with E-state index in [1.165, 1.54) is 47.9 Å². The van der Waals surface area contributed by atoms with Crippen molar-refractivity contribution >= 4 is 40.5 Å². The number of thioether (sulfide) groups is 1. The first-order chi connectivity index (χ1) is 19.2. The summed E-state index contributed by atoms with van der Waals surface area (Å²) in [6.45, 7) is 1.72. The molecule has 3 amide bonds. The normalized spacial score (nSPS) is 18.6. The molecule has 2 aromatic rings. The minimum atomic E-state index is -2.87. The van der Waals surface area contributed by atoms with Gasteiger partial charge in [-0.05, 0) is 36.7 Å². The zero-order chi connectivity index (χ0) is 28.4. The predicted molar refractivity (Wildman–Crippen MR) is 143 cm³/mol. The Kier molecular flexibility index (Phi) is 7.83. The van der Waals surface area contributed by atoms with E-state index in [1.54, 1.807) is 0 Å². The maximum absolute atomic E-state index is 13.6. The van der Waals surface area contributed by atoms with Crippen LogP contribution in [0.1, 0.15) is 42.2 Å². The van der Waals surface area contributed by atoms with Crippen molar-refractivity contribution in [1.82, 2.24) is 25.6 Å². The second-order valence-electron chi connectivity index (χ2n) is 9.25. The van der Waals surface area contributed by atoms with Gasteiger partial charge in [-0.2, -0.15) is 5.10 Å². The smallest absolute Gasteiger partial charge is 0.280 e. The van der Waals surface area contributed by atoms with Crippen molar-refractivity contribution in [3.05, 3.63) is 35.8 Å². The van der Waals surface area contributed by atoms with Crippen molar-refractivity contribution in [2.75, 3.05) is 31.6 Å². The highest BCUT2D eigenvalue weighted by Gasteiger charge is 2.30. The quantitative estimate of drug-likeness (QED) is 0.526. The number of halogens is 2. The van der Waals surface area contributed by atoms with E-state index in [0.29, 0.717) is 17.6 Å². The summed E-state index contributed by atoms with van der Waals surface area (Å²) in [5, 5.41) is 6.84. The van der Waals surface area contributed by atoms with Crippen LogP contribution in [0.3, 0.4) is 0 Å². The molecule has 1 unspecified atom stereocenters. The second-order valence-corrected chi connectivity index (χ2v) is 10.3. The van der Waals surface area contributed by atoms with Crippen LogP contribution < -0.4 is 20.4 Å². The van der Waals surface area contributed by atoms with Gasteiger partial charge in [0.05, 0.1) is 18.9 Å².